The standard InChI is InChI=1S/C13H13Cl2N3OS3/c1-3-20-12-17-18-13(22-12)21-7(2)11(19)16-9-6-4-5-8(14)10(9)15/h4-7H,3H2,1-2H3,(H,16,19). The van der Waals surface area contributed by atoms with Gasteiger partial charge >= 0.3 is 0 Å². The number of carbonyl (C=O) groups excluding carboxylic acids is 1. The number of amides is 1. The molecular formula is C13H13Cl2N3OS3. The zero-order chi connectivity index (χ0) is 16.1. The van der Waals surface area contributed by atoms with Crippen LogP contribution in [0.2, 0.25) is 10.0 Å². The van der Waals surface area contributed by atoms with Gasteiger partial charge in [-0.1, -0.05) is 71.1 Å². The van der Waals surface area contributed by atoms with Crippen molar-refractivity contribution < 1.29 is 4.79 Å². The molecule has 1 aromatic carbocycles. The molecule has 0 radical (unpaired) electrons. The molecule has 2 rings (SSSR count). The average Bonchev–Trinajstić information content (AvgIpc) is 2.91. The van der Waals surface area contributed by atoms with Gasteiger partial charge in [-0.15, -0.1) is 10.2 Å². The van der Waals surface area contributed by atoms with Crippen LogP contribution in [0.15, 0.2) is 26.9 Å². The second kappa shape index (κ2) is 8.40. The highest BCUT2D eigenvalue weighted by Crippen LogP contribution is 2.33. The van der Waals surface area contributed by atoms with E-state index in [4.69, 9.17) is 23.2 Å². The summed E-state index contributed by atoms with van der Waals surface area (Å²) in [5.41, 5.74) is 0.506. The molecule has 0 fully saturated rings. The van der Waals surface area contributed by atoms with E-state index >= 15 is 0 Å². The summed E-state index contributed by atoms with van der Waals surface area (Å²) in [6.45, 7) is 3.87. The van der Waals surface area contributed by atoms with Gasteiger partial charge in [-0.2, -0.15) is 0 Å². The highest BCUT2D eigenvalue weighted by molar-refractivity contribution is 8.03. The number of aromatic nitrogens is 2. The second-order valence-electron chi connectivity index (χ2n) is 4.12. The third-order valence-electron chi connectivity index (χ3n) is 2.51. The zero-order valence-electron chi connectivity index (χ0n) is 11.8. The Morgan fingerprint density at radius 1 is 1.36 bits per heavy atom. The monoisotopic (exact) mass is 393 g/mol. The molecule has 0 saturated heterocycles. The van der Waals surface area contributed by atoms with Crippen molar-refractivity contribution in [3.8, 4) is 0 Å². The number of hydrogen-bond acceptors (Lipinski definition) is 6. The molecule has 1 heterocycles. The Morgan fingerprint density at radius 3 is 2.82 bits per heavy atom. The van der Waals surface area contributed by atoms with Gasteiger partial charge in [0.05, 0.1) is 21.0 Å². The number of nitrogens with zero attached hydrogens (tertiary/aromatic N) is 2. The number of hydrogen-bond donors (Lipinski definition) is 1. The molecule has 1 unspecified atom stereocenters. The molecule has 0 aliphatic carbocycles. The van der Waals surface area contributed by atoms with E-state index in [-0.39, 0.29) is 11.2 Å². The van der Waals surface area contributed by atoms with E-state index < -0.39 is 0 Å². The summed E-state index contributed by atoms with van der Waals surface area (Å²) in [4.78, 5) is 12.2. The van der Waals surface area contributed by atoms with Crippen LogP contribution in [-0.4, -0.2) is 27.1 Å². The van der Waals surface area contributed by atoms with Crippen LogP contribution >= 0.6 is 58.1 Å². The number of thioether (sulfide) groups is 2. The molecule has 2 aromatic rings. The Labute approximate surface area is 151 Å². The Bertz CT molecular complexity index is 666. The molecule has 1 N–H and O–H groups in total. The Kier molecular flexibility index (Phi) is 6.83. The van der Waals surface area contributed by atoms with E-state index in [2.05, 4.69) is 22.4 Å². The molecular weight excluding hydrogens is 381 g/mol. The fourth-order valence-corrected chi connectivity index (χ4v) is 4.87. The number of halogens is 2. The van der Waals surface area contributed by atoms with Crippen LogP contribution < -0.4 is 5.32 Å². The van der Waals surface area contributed by atoms with Gasteiger partial charge in [0.25, 0.3) is 0 Å². The molecule has 0 aliphatic rings. The van der Waals surface area contributed by atoms with Gasteiger partial charge in [0.2, 0.25) is 5.91 Å². The smallest absolute Gasteiger partial charge is 0.237 e. The van der Waals surface area contributed by atoms with Crippen LogP contribution in [0.25, 0.3) is 0 Å². The van der Waals surface area contributed by atoms with Crippen molar-refractivity contribution in [1.82, 2.24) is 10.2 Å². The summed E-state index contributed by atoms with van der Waals surface area (Å²) >= 11 is 16.5. The van der Waals surface area contributed by atoms with Crippen LogP contribution in [0.4, 0.5) is 5.69 Å². The molecule has 1 aromatic heterocycles. The van der Waals surface area contributed by atoms with Crippen molar-refractivity contribution >= 4 is 69.7 Å². The summed E-state index contributed by atoms with van der Waals surface area (Å²) in [6, 6.07) is 5.12. The third kappa shape index (κ3) is 4.76. The normalized spacial score (nSPS) is 12.2. The molecule has 0 saturated carbocycles. The van der Waals surface area contributed by atoms with E-state index in [1.54, 1.807) is 30.0 Å². The third-order valence-corrected chi connectivity index (χ3v) is 6.45. The predicted octanol–water partition coefficient (Wildman–Crippen LogP) is 5.08. The molecule has 0 spiro atoms. The Hall–Kier alpha value is -0.470. The first-order valence-electron chi connectivity index (χ1n) is 6.39. The van der Waals surface area contributed by atoms with E-state index in [1.165, 1.54) is 23.1 Å². The predicted molar refractivity (Wildman–Crippen MR) is 96.7 cm³/mol. The summed E-state index contributed by atoms with van der Waals surface area (Å²) in [5.74, 6) is 0.789. The summed E-state index contributed by atoms with van der Waals surface area (Å²) < 4.78 is 1.69. The van der Waals surface area contributed by atoms with E-state index in [0.717, 1.165) is 14.4 Å². The van der Waals surface area contributed by atoms with Gasteiger partial charge in [-0.3, -0.25) is 4.79 Å². The maximum absolute atomic E-state index is 12.2. The average molecular weight is 394 g/mol. The zero-order valence-corrected chi connectivity index (χ0v) is 15.8. The summed E-state index contributed by atoms with van der Waals surface area (Å²) in [7, 11) is 0. The minimum atomic E-state index is -0.317. The molecule has 0 bridgehead atoms. The molecule has 1 amide bonds. The minimum Gasteiger partial charge on any atom is -0.324 e. The minimum absolute atomic E-state index is 0.158. The van der Waals surface area contributed by atoms with Crippen LogP contribution in [0.3, 0.4) is 0 Å². The Balaban J connectivity index is 1.98. The SMILES string of the molecule is CCSc1nnc(SC(C)C(=O)Nc2cccc(Cl)c2Cl)s1. The van der Waals surface area contributed by atoms with E-state index in [0.29, 0.717) is 15.7 Å². The lowest BCUT2D eigenvalue weighted by Crippen LogP contribution is -2.22. The van der Waals surface area contributed by atoms with Crippen molar-refractivity contribution in [2.45, 2.75) is 27.8 Å². The quantitative estimate of drug-likeness (QED) is 0.693. The molecule has 0 aliphatic heterocycles. The van der Waals surface area contributed by atoms with Crippen molar-refractivity contribution in [3.05, 3.63) is 28.2 Å². The lowest BCUT2D eigenvalue weighted by atomic mass is 10.3. The number of anilines is 1. The van der Waals surface area contributed by atoms with Crippen LogP contribution in [0.1, 0.15) is 13.8 Å². The summed E-state index contributed by atoms with van der Waals surface area (Å²) in [5, 5.41) is 11.4. The fraction of sp³-hybridized carbons (Fsp3) is 0.308. The van der Waals surface area contributed by atoms with Gasteiger partial charge in [-0.25, -0.2) is 0 Å². The van der Waals surface area contributed by atoms with Gasteiger partial charge in [0.15, 0.2) is 8.68 Å². The van der Waals surface area contributed by atoms with Crippen LogP contribution in [0, 0.1) is 0 Å². The molecule has 4 nitrogen and oxygen atoms in total. The van der Waals surface area contributed by atoms with Crippen LogP contribution in [0.5, 0.6) is 0 Å². The maximum Gasteiger partial charge on any atom is 0.237 e. The van der Waals surface area contributed by atoms with Crippen molar-refractivity contribution in [2.75, 3.05) is 11.1 Å². The molecule has 9 heteroatoms. The maximum atomic E-state index is 12.2. The number of nitrogens with one attached hydrogen (secondary N) is 1. The van der Waals surface area contributed by atoms with Crippen molar-refractivity contribution in [1.29, 1.82) is 0 Å². The first kappa shape index (κ1) is 17.9. The number of benzene rings is 1. The first-order chi connectivity index (χ1) is 10.5. The van der Waals surface area contributed by atoms with Gasteiger partial charge < -0.3 is 5.32 Å². The van der Waals surface area contributed by atoms with E-state index in [1.807, 2.05) is 6.92 Å². The van der Waals surface area contributed by atoms with Gasteiger partial charge in [0.1, 0.15) is 0 Å². The molecule has 22 heavy (non-hydrogen) atoms. The fourth-order valence-electron chi connectivity index (χ4n) is 1.47. The van der Waals surface area contributed by atoms with E-state index in [9.17, 15) is 4.79 Å². The second-order valence-corrected chi connectivity index (χ2v) is 8.98. The molecule has 118 valence electrons. The number of rotatable bonds is 6. The lowest BCUT2D eigenvalue weighted by molar-refractivity contribution is -0.115. The van der Waals surface area contributed by atoms with Crippen molar-refractivity contribution in [3.63, 3.8) is 0 Å². The first-order valence-corrected chi connectivity index (χ1v) is 9.83. The van der Waals surface area contributed by atoms with Gasteiger partial charge in [-0.05, 0) is 24.8 Å². The Morgan fingerprint density at radius 2 is 2.09 bits per heavy atom. The van der Waals surface area contributed by atoms with Crippen LogP contribution in [-0.2, 0) is 4.79 Å². The van der Waals surface area contributed by atoms with Gasteiger partial charge in [0, 0.05) is 0 Å². The highest BCUT2D eigenvalue weighted by Gasteiger charge is 2.18. The molecule has 1 atom stereocenters. The van der Waals surface area contributed by atoms with Crippen molar-refractivity contribution in [2.24, 2.45) is 0 Å². The largest absolute Gasteiger partial charge is 0.324 e. The topological polar surface area (TPSA) is 54.9 Å². The highest BCUT2D eigenvalue weighted by atomic mass is 35.5. The lowest BCUT2D eigenvalue weighted by Gasteiger charge is -2.11. The summed E-state index contributed by atoms with van der Waals surface area (Å²) in [6.07, 6.45) is 0. The number of carbonyl (C=O) groups is 1.